The minimum Gasteiger partial charge on any atom is -0.390 e. The average molecular weight is 373 g/mol. The Kier molecular flexibility index (Phi) is 6.37. The summed E-state index contributed by atoms with van der Waals surface area (Å²) in [4.78, 5) is 28.6. The molecule has 0 spiro atoms. The lowest BCUT2D eigenvalue weighted by molar-refractivity contribution is -0.146. The van der Waals surface area contributed by atoms with E-state index in [2.05, 4.69) is 10.2 Å². The lowest BCUT2D eigenvalue weighted by Gasteiger charge is -2.37. The number of carbonyl (C=O) groups excluding carboxylic acids is 2. The van der Waals surface area contributed by atoms with Crippen molar-refractivity contribution in [3.63, 3.8) is 0 Å². The van der Waals surface area contributed by atoms with Crippen LogP contribution in [0.1, 0.15) is 51.9 Å². The van der Waals surface area contributed by atoms with Crippen LogP contribution in [0.4, 0.5) is 11.4 Å². The number of aliphatic hydroxyl groups is 1. The van der Waals surface area contributed by atoms with Gasteiger partial charge in [-0.2, -0.15) is 0 Å². The summed E-state index contributed by atoms with van der Waals surface area (Å²) >= 11 is 0. The molecule has 6 heteroatoms. The Balaban J connectivity index is 1.53. The predicted molar refractivity (Wildman–Crippen MR) is 107 cm³/mol. The van der Waals surface area contributed by atoms with E-state index in [1.54, 1.807) is 0 Å². The SMILES string of the molecule is CCC1(O)CCN(C(=O)C(=O)Nc2ccc(N3CCCCCC3)cc2)CC1. The number of carbonyl (C=O) groups is 2. The number of nitrogens with zero attached hydrogens (tertiary/aromatic N) is 2. The molecule has 27 heavy (non-hydrogen) atoms. The standard InChI is InChI=1S/C21H31N3O3/c1-2-21(27)11-15-24(16-12-21)20(26)19(25)22-17-7-9-18(10-8-17)23-13-5-3-4-6-14-23/h7-10,27H,2-6,11-16H2,1H3,(H,22,25). The molecule has 2 amide bonds. The molecule has 1 aromatic rings. The van der Waals surface area contributed by atoms with Crippen LogP contribution in [0.2, 0.25) is 0 Å². The average Bonchev–Trinajstić information content (AvgIpc) is 2.98. The fourth-order valence-electron chi connectivity index (χ4n) is 3.89. The summed E-state index contributed by atoms with van der Waals surface area (Å²) in [5.74, 6) is -1.13. The van der Waals surface area contributed by atoms with E-state index < -0.39 is 17.4 Å². The van der Waals surface area contributed by atoms with E-state index >= 15 is 0 Å². The van der Waals surface area contributed by atoms with Gasteiger partial charge in [-0.05, 0) is 56.4 Å². The maximum Gasteiger partial charge on any atom is 0.313 e. The third-order valence-electron chi connectivity index (χ3n) is 5.93. The van der Waals surface area contributed by atoms with Gasteiger partial charge in [0.25, 0.3) is 0 Å². The molecule has 0 saturated carbocycles. The molecule has 0 unspecified atom stereocenters. The third kappa shape index (κ3) is 5.01. The Morgan fingerprint density at radius 1 is 1.00 bits per heavy atom. The zero-order chi connectivity index (χ0) is 19.3. The van der Waals surface area contributed by atoms with Crippen LogP contribution in [0, 0.1) is 0 Å². The monoisotopic (exact) mass is 373 g/mol. The quantitative estimate of drug-likeness (QED) is 0.799. The van der Waals surface area contributed by atoms with Crippen LogP contribution in [0.5, 0.6) is 0 Å². The molecule has 2 aliphatic rings. The van der Waals surface area contributed by atoms with Crippen LogP contribution in [-0.4, -0.2) is 53.6 Å². The van der Waals surface area contributed by atoms with Crippen LogP contribution in [-0.2, 0) is 9.59 Å². The Labute approximate surface area is 161 Å². The van der Waals surface area contributed by atoms with Crippen LogP contribution in [0.15, 0.2) is 24.3 Å². The van der Waals surface area contributed by atoms with Gasteiger partial charge in [-0.25, -0.2) is 0 Å². The first-order chi connectivity index (χ1) is 13.0. The molecule has 3 rings (SSSR count). The van der Waals surface area contributed by atoms with Crippen molar-refractivity contribution in [3.8, 4) is 0 Å². The first-order valence-electron chi connectivity index (χ1n) is 10.2. The molecule has 2 heterocycles. The van der Waals surface area contributed by atoms with Gasteiger partial charge in [-0.3, -0.25) is 9.59 Å². The number of nitrogens with one attached hydrogen (secondary N) is 1. The molecule has 2 N–H and O–H groups in total. The Bertz CT molecular complexity index is 643. The number of piperidine rings is 1. The molecule has 0 aliphatic carbocycles. The maximum atomic E-state index is 12.4. The van der Waals surface area contributed by atoms with Crippen molar-refractivity contribution in [2.75, 3.05) is 36.4 Å². The lowest BCUT2D eigenvalue weighted by atomic mass is 9.89. The number of rotatable bonds is 3. The second-order valence-electron chi connectivity index (χ2n) is 7.77. The van der Waals surface area contributed by atoms with Crippen molar-refractivity contribution >= 4 is 23.2 Å². The third-order valence-corrected chi connectivity index (χ3v) is 5.93. The van der Waals surface area contributed by atoms with Gasteiger partial charge in [0.15, 0.2) is 0 Å². The Morgan fingerprint density at radius 3 is 2.15 bits per heavy atom. The second kappa shape index (κ2) is 8.74. The lowest BCUT2D eigenvalue weighted by Crippen LogP contribution is -2.49. The molecule has 0 radical (unpaired) electrons. The van der Waals surface area contributed by atoms with Crippen LogP contribution in [0.25, 0.3) is 0 Å². The molecule has 6 nitrogen and oxygen atoms in total. The molecule has 2 aliphatic heterocycles. The molecular weight excluding hydrogens is 342 g/mol. The van der Waals surface area contributed by atoms with Crippen molar-refractivity contribution in [1.82, 2.24) is 4.90 Å². The molecule has 0 bridgehead atoms. The first-order valence-corrected chi connectivity index (χ1v) is 10.2. The van der Waals surface area contributed by atoms with Crippen molar-refractivity contribution in [3.05, 3.63) is 24.3 Å². The smallest absolute Gasteiger partial charge is 0.313 e. The molecule has 2 fully saturated rings. The fraction of sp³-hybridized carbons (Fsp3) is 0.619. The molecule has 1 aromatic carbocycles. The summed E-state index contributed by atoms with van der Waals surface area (Å²) < 4.78 is 0. The van der Waals surface area contributed by atoms with Crippen LogP contribution < -0.4 is 10.2 Å². The molecular formula is C21H31N3O3. The van der Waals surface area contributed by atoms with E-state index in [-0.39, 0.29) is 0 Å². The highest BCUT2D eigenvalue weighted by molar-refractivity contribution is 6.39. The van der Waals surface area contributed by atoms with Crippen LogP contribution >= 0.6 is 0 Å². The van der Waals surface area contributed by atoms with E-state index in [4.69, 9.17) is 0 Å². The molecule has 148 valence electrons. The summed E-state index contributed by atoms with van der Waals surface area (Å²) in [5.41, 5.74) is 1.10. The van der Waals surface area contributed by atoms with E-state index in [9.17, 15) is 14.7 Å². The van der Waals surface area contributed by atoms with E-state index in [0.717, 1.165) is 18.8 Å². The van der Waals surface area contributed by atoms with Crippen molar-refractivity contribution in [2.45, 2.75) is 57.5 Å². The molecule has 2 saturated heterocycles. The highest BCUT2D eigenvalue weighted by Gasteiger charge is 2.34. The number of anilines is 2. The van der Waals surface area contributed by atoms with Crippen LogP contribution in [0.3, 0.4) is 0 Å². The normalized spacial score (nSPS) is 20.1. The van der Waals surface area contributed by atoms with E-state index in [1.807, 2.05) is 31.2 Å². The van der Waals surface area contributed by atoms with Gasteiger partial charge in [0.2, 0.25) is 0 Å². The molecule has 0 atom stereocenters. The van der Waals surface area contributed by atoms with Crippen molar-refractivity contribution in [2.24, 2.45) is 0 Å². The van der Waals surface area contributed by atoms with Gasteiger partial charge < -0.3 is 20.2 Å². The summed E-state index contributed by atoms with van der Waals surface area (Å²) in [6.45, 7) is 4.93. The zero-order valence-corrected chi connectivity index (χ0v) is 16.2. The van der Waals surface area contributed by atoms with Crippen molar-refractivity contribution in [1.29, 1.82) is 0 Å². The number of hydrogen-bond donors (Lipinski definition) is 2. The van der Waals surface area contributed by atoms with Gasteiger partial charge in [0, 0.05) is 37.6 Å². The van der Waals surface area contributed by atoms with Crippen molar-refractivity contribution < 1.29 is 14.7 Å². The summed E-state index contributed by atoms with van der Waals surface area (Å²) in [6.07, 6.45) is 6.73. The van der Waals surface area contributed by atoms with Gasteiger partial charge in [-0.1, -0.05) is 19.8 Å². The van der Waals surface area contributed by atoms with Gasteiger partial charge in [0.05, 0.1) is 5.60 Å². The summed E-state index contributed by atoms with van der Waals surface area (Å²) in [7, 11) is 0. The van der Waals surface area contributed by atoms with Gasteiger partial charge >= 0.3 is 11.8 Å². The van der Waals surface area contributed by atoms with Gasteiger partial charge in [0.1, 0.15) is 0 Å². The second-order valence-corrected chi connectivity index (χ2v) is 7.77. The topological polar surface area (TPSA) is 72.9 Å². The van der Waals surface area contributed by atoms with Gasteiger partial charge in [-0.15, -0.1) is 0 Å². The minimum atomic E-state index is -0.698. The zero-order valence-electron chi connectivity index (χ0n) is 16.2. The maximum absolute atomic E-state index is 12.4. The number of amides is 2. The van der Waals surface area contributed by atoms with E-state index in [1.165, 1.54) is 30.6 Å². The largest absolute Gasteiger partial charge is 0.390 e. The number of hydrogen-bond acceptors (Lipinski definition) is 4. The van der Waals surface area contributed by atoms with E-state index in [0.29, 0.717) is 38.0 Å². The number of benzene rings is 1. The summed E-state index contributed by atoms with van der Waals surface area (Å²) in [6, 6.07) is 7.73. The Hall–Kier alpha value is -2.08. The minimum absolute atomic E-state index is 0.421. The first kappa shape index (κ1) is 19.7. The summed E-state index contributed by atoms with van der Waals surface area (Å²) in [5, 5.41) is 13.0. The highest BCUT2D eigenvalue weighted by Crippen LogP contribution is 2.25. The Morgan fingerprint density at radius 2 is 1.59 bits per heavy atom. The predicted octanol–water partition coefficient (Wildman–Crippen LogP) is 2.77. The fourth-order valence-corrected chi connectivity index (χ4v) is 3.89. The number of likely N-dealkylation sites (tertiary alicyclic amines) is 1. The highest BCUT2D eigenvalue weighted by atomic mass is 16.3. The molecule has 0 aromatic heterocycles.